The van der Waals surface area contributed by atoms with Crippen LogP contribution in [0.25, 0.3) is 0 Å². The molecule has 7 heteroatoms. The Kier molecular flexibility index (Phi) is 6.26. The summed E-state index contributed by atoms with van der Waals surface area (Å²) in [7, 11) is 0.0993. The van der Waals surface area contributed by atoms with Gasteiger partial charge in [0, 0.05) is 19.2 Å². The number of hydrogen-bond acceptors (Lipinski definition) is 4. The summed E-state index contributed by atoms with van der Waals surface area (Å²) in [5.74, 6) is -0.609. The van der Waals surface area contributed by atoms with Crippen molar-refractivity contribution in [3.8, 4) is 11.5 Å². The van der Waals surface area contributed by atoms with E-state index in [9.17, 15) is 12.8 Å². The van der Waals surface area contributed by atoms with E-state index in [4.69, 9.17) is 9.47 Å². The average Bonchev–Trinajstić information content (AvgIpc) is 2.61. The first-order valence-corrected chi connectivity index (χ1v) is 9.62. The third-order valence-electron chi connectivity index (χ3n) is 4.26. The number of sulfonamides is 1. The van der Waals surface area contributed by atoms with Crippen LogP contribution >= 0.6 is 0 Å². The summed E-state index contributed by atoms with van der Waals surface area (Å²) >= 11 is 0. The molecular weight excluding hydrogens is 357 g/mol. The van der Waals surface area contributed by atoms with Crippen LogP contribution in [0.3, 0.4) is 0 Å². The van der Waals surface area contributed by atoms with Crippen molar-refractivity contribution in [1.82, 2.24) is 4.31 Å². The third kappa shape index (κ3) is 3.83. The van der Waals surface area contributed by atoms with Gasteiger partial charge in [0.15, 0.2) is 11.5 Å². The molecule has 0 N–H and O–H groups in total. The maximum atomic E-state index is 14.5. The van der Waals surface area contributed by atoms with E-state index in [-0.39, 0.29) is 17.4 Å². The molecule has 0 aliphatic rings. The van der Waals surface area contributed by atoms with Crippen molar-refractivity contribution < 1.29 is 22.3 Å². The van der Waals surface area contributed by atoms with Crippen LogP contribution in [-0.4, -0.2) is 34.0 Å². The average molecular weight is 381 g/mol. The quantitative estimate of drug-likeness (QED) is 0.731. The van der Waals surface area contributed by atoms with Crippen LogP contribution in [0.2, 0.25) is 0 Å². The Bertz CT molecular complexity index is 853. The van der Waals surface area contributed by atoms with Gasteiger partial charge in [-0.25, -0.2) is 12.8 Å². The molecule has 2 rings (SSSR count). The van der Waals surface area contributed by atoms with Crippen LogP contribution in [0.1, 0.15) is 25.5 Å². The number of ether oxygens (including phenoxy) is 2. The molecule has 26 heavy (non-hydrogen) atoms. The molecule has 0 amide bonds. The van der Waals surface area contributed by atoms with Gasteiger partial charge in [0.25, 0.3) is 0 Å². The Hall–Kier alpha value is -2.12. The van der Waals surface area contributed by atoms with Crippen LogP contribution in [0.15, 0.2) is 47.4 Å². The standard InChI is InChI=1S/C19H24FNO4S/c1-13(2)19(14-9-7-6-8-10-14)21(3)26(22,23)18-12-17(25-5)16(24-4)11-15(18)20/h6-13,19H,1-5H3. The fourth-order valence-corrected chi connectivity index (χ4v) is 4.54. The number of rotatable bonds is 7. The predicted octanol–water partition coefficient (Wildman–Crippen LogP) is 3.86. The smallest absolute Gasteiger partial charge is 0.246 e. The monoisotopic (exact) mass is 381 g/mol. The highest BCUT2D eigenvalue weighted by Gasteiger charge is 2.33. The second-order valence-electron chi connectivity index (χ2n) is 6.26. The molecule has 0 aromatic heterocycles. The number of halogens is 1. The zero-order valence-corrected chi connectivity index (χ0v) is 16.4. The lowest BCUT2D eigenvalue weighted by molar-refractivity contribution is 0.298. The van der Waals surface area contributed by atoms with Gasteiger partial charge in [0.05, 0.1) is 20.3 Å². The lowest BCUT2D eigenvalue weighted by Crippen LogP contribution is -2.34. The van der Waals surface area contributed by atoms with Crippen molar-refractivity contribution in [2.75, 3.05) is 21.3 Å². The van der Waals surface area contributed by atoms with Crippen LogP contribution in [0.5, 0.6) is 11.5 Å². The van der Waals surface area contributed by atoms with E-state index in [1.54, 1.807) is 0 Å². The van der Waals surface area contributed by atoms with Gasteiger partial charge in [-0.15, -0.1) is 0 Å². The molecule has 0 aliphatic heterocycles. The molecule has 0 radical (unpaired) electrons. The van der Waals surface area contributed by atoms with Crippen LogP contribution in [-0.2, 0) is 10.0 Å². The molecule has 0 fully saturated rings. The van der Waals surface area contributed by atoms with Gasteiger partial charge in [-0.3, -0.25) is 0 Å². The second kappa shape index (κ2) is 8.05. The minimum atomic E-state index is -4.10. The molecule has 0 saturated carbocycles. The molecule has 0 aliphatic carbocycles. The maximum Gasteiger partial charge on any atom is 0.246 e. The summed E-state index contributed by atoms with van der Waals surface area (Å²) in [6, 6.07) is 11.0. The SMILES string of the molecule is COc1cc(F)c(S(=O)(=O)N(C)C(c2ccccc2)C(C)C)cc1OC. The van der Waals surface area contributed by atoms with Crippen molar-refractivity contribution in [3.63, 3.8) is 0 Å². The van der Waals surface area contributed by atoms with E-state index in [0.29, 0.717) is 0 Å². The maximum absolute atomic E-state index is 14.5. The Morgan fingerprint density at radius 2 is 1.54 bits per heavy atom. The van der Waals surface area contributed by atoms with Crippen molar-refractivity contribution >= 4 is 10.0 Å². The minimum Gasteiger partial charge on any atom is -0.493 e. The fraction of sp³-hybridized carbons (Fsp3) is 0.368. The molecule has 5 nitrogen and oxygen atoms in total. The van der Waals surface area contributed by atoms with Crippen molar-refractivity contribution in [2.45, 2.75) is 24.8 Å². The molecular formula is C19H24FNO4S. The second-order valence-corrected chi connectivity index (χ2v) is 8.22. The molecule has 0 bridgehead atoms. The molecule has 2 aromatic carbocycles. The van der Waals surface area contributed by atoms with E-state index in [1.165, 1.54) is 25.6 Å². The van der Waals surface area contributed by atoms with E-state index in [2.05, 4.69) is 0 Å². The van der Waals surface area contributed by atoms with Crippen LogP contribution in [0.4, 0.5) is 4.39 Å². The third-order valence-corrected chi connectivity index (χ3v) is 6.11. The summed E-state index contributed by atoms with van der Waals surface area (Å²) in [5.41, 5.74) is 0.842. The molecule has 2 aromatic rings. The fourth-order valence-electron chi connectivity index (χ4n) is 3.00. The molecule has 142 valence electrons. The van der Waals surface area contributed by atoms with E-state index in [1.807, 2.05) is 44.2 Å². The number of nitrogens with zero attached hydrogens (tertiary/aromatic N) is 1. The highest BCUT2D eigenvalue weighted by atomic mass is 32.2. The van der Waals surface area contributed by atoms with Gasteiger partial charge >= 0.3 is 0 Å². The Labute approximate surface area is 154 Å². The van der Waals surface area contributed by atoms with Gasteiger partial charge in [-0.05, 0) is 11.5 Å². The largest absolute Gasteiger partial charge is 0.493 e. The molecule has 1 unspecified atom stereocenters. The molecule has 0 heterocycles. The molecule has 1 atom stereocenters. The van der Waals surface area contributed by atoms with E-state index >= 15 is 0 Å². The Balaban J connectivity index is 2.55. The predicted molar refractivity (Wildman–Crippen MR) is 98.5 cm³/mol. The van der Waals surface area contributed by atoms with E-state index in [0.717, 1.165) is 17.7 Å². The lowest BCUT2D eigenvalue weighted by Gasteiger charge is -2.31. The van der Waals surface area contributed by atoms with E-state index < -0.39 is 26.8 Å². The van der Waals surface area contributed by atoms with Gasteiger partial charge in [0.1, 0.15) is 10.7 Å². The molecule has 0 saturated heterocycles. The Morgan fingerprint density at radius 1 is 1.00 bits per heavy atom. The number of methoxy groups -OCH3 is 2. The van der Waals surface area contributed by atoms with Crippen LogP contribution in [0, 0.1) is 11.7 Å². The van der Waals surface area contributed by atoms with Gasteiger partial charge < -0.3 is 9.47 Å². The number of benzene rings is 2. The first-order chi connectivity index (χ1) is 12.2. The topological polar surface area (TPSA) is 55.8 Å². The first-order valence-electron chi connectivity index (χ1n) is 8.18. The van der Waals surface area contributed by atoms with Crippen LogP contribution < -0.4 is 9.47 Å². The summed E-state index contributed by atoms with van der Waals surface area (Å²) < 4.78 is 52.2. The zero-order chi connectivity index (χ0) is 19.5. The lowest BCUT2D eigenvalue weighted by atomic mass is 9.96. The summed E-state index contributed by atoms with van der Waals surface area (Å²) in [5, 5.41) is 0. The zero-order valence-electron chi connectivity index (χ0n) is 15.6. The van der Waals surface area contributed by atoms with Gasteiger partial charge in [-0.1, -0.05) is 44.2 Å². The van der Waals surface area contributed by atoms with Crippen molar-refractivity contribution in [3.05, 3.63) is 53.8 Å². The first kappa shape index (κ1) is 20.2. The van der Waals surface area contributed by atoms with Gasteiger partial charge in [0.2, 0.25) is 10.0 Å². The van der Waals surface area contributed by atoms with Gasteiger partial charge in [-0.2, -0.15) is 4.31 Å². The normalized spacial score (nSPS) is 13.1. The highest BCUT2D eigenvalue weighted by Crippen LogP contribution is 2.36. The summed E-state index contributed by atoms with van der Waals surface area (Å²) in [6.07, 6.45) is 0. The number of hydrogen-bond donors (Lipinski definition) is 0. The van der Waals surface area contributed by atoms with Crippen molar-refractivity contribution in [1.29, 1.82) is 0 Å². The summed E-state index contributed by atoms with van der Waals surface area (Å²) in [6.45, 7) is 3.85. The summed E-state index contributed by atoms with van der Waals surface area (Å²) in [4.78, 5) is -0.445. The Morgan fingerprint density at radius 3 is 2.04 bits per heavy atom. The molecule has 0 spiro atoms. The minimum absolute atomic E-state index is 0.0135. The highest BCUT2D eigenvalue weighted by molar-refractivity contribution is 7.89. The van der Waals surface area contributed by atoms with Crippen molar-refractivity contribution in [2.24, 2.45) is 5.92 Å².